The summed E-state index contributed by atoms with van der Waals surface area (Å²) >= 11 is 0. The van der Waals surface area contributed by atoms with E-state index in [4.69, 9.17) is 0 Å². The Morgan fingerprint density at radius 2 is 1.55 bits per heavy atom. The van der Waals surface area contributed by atoms with E-state index < -0.39 is 24.6 Å². The zero-order valence-corrected chi connectivity index (χ0v) is 5.75. The normalized spacial score (nSPS) is 16.6. The highest BCUT2D eigenvalue weighted by Crippen LogP contribution is 2.40. The molecule has 1 atom stereocenters. The van der Waals surface area contributed by atoms with Crippen LogP contribution in [0.4, 0.5) is 22.0 Å². The SMILES string of the molecule is C[C@H](CN)C(F)(F)C(F)(F)F. The van der Waals surface area contributed by atoms with Gasteiger partial charge in [-0.1, -0.05) is 6.92 Å². The first-order valence-electron chi connectivity index (χ1n) is 2.88. The van der Waals surface area contributed by atoms with Gasteiger partial charge in [-0.05, 0) is 0 Å². The van der Waals surface area contributed by atoms with Gasteiger partial charge in [-0.3, -0.25) is 0 Å². The fraction of sp³-hybridized carbons (Fsp3) is 1.00. The van der Waals surface area contributed by atoms with Crippen LogP contribution in [0.3, 0.4) is 0 Å². The minimum absolute atomic E-state index is 0.688. The Labute approximate surface area is 60.4 Å². The van der Waals surface area contributed by atoms with Gasteiger partial charge in [0, 0.05) is 12.5 Å². The van der Waals surface area contributed by atoms with Crippen molar-refractivity contribution in [3.63, 3.8) is 0 Å². The van der Waals surface area contributed by atoms with Gasteiger partial charge in [0.25, 0.3) is 0 Å². The predicted molar refractivity (Wildman–Crippen MR) is 29.2 cm³/mol. The lowest BCUT2D eigenvalue weighted by Crippen LogP contribution is -2.45. The number of hydrogen-bond acceptors (Lipinski definition) is 1. The largest absolute Gasteiger partial charge is 0.453 e. The lowest BCUT2D eigenvalue weighted by Gasteiger charge is -2.24. The van der Waals surface area contributed by atoms with Crippen LogP contribution in [0.5, 0.6) is 0 Å². The molecule has 68 valence electrons. The summed E-state index contributed by atoms with van der Waals surface area (Å²) in [6.07, 6.45) is -5.49. The number of rotatable bonds is 2. The summed E-state index contributed by atoms with van der Waals surface area (Å²) in [4.78, 5) is 0. The van der Waals surface area contributed by atoms with E-state index in [9.17, 15) is 22.0 Å². The van der Waals surface area contributed by atoms with Gasteiger partial charge < -0.3 is 5.73 Å². The van der Waals surface area contributed by atoms with E-state index in [-0.39, 0.29) is 0 Å². The molecule has 0 unspecified atom stereocenters. The molecule has 0 saturated carbocycles. The van der Waals surface area contributed by atoms with Crippen LogP contribution < -0.4 is 5.73 Å². The molecule has 0 spiro atoms. The van der Waals surface area contributed by atoms with Crippen LogP contribution in [-0.2, 0) is 0 Å². The van der Waals surface area contributed by atoms with Crippen molar-refractivity contribution in [1.82, 2.24) is 0 Å². The van der Waals surface area contributed by atoms with E-state index in [0.29, 0.717) is 0 Å². The highest BCUT2D eigenvalue weighted by Gasteiger charge is 2.60. The molecule has 1 nitrogen and oxygen atoms in total. The first-order chi connectivity index (χ1) is 4.73. The van der Waals surface area contributed by atoms with Crippen molar-refractivity contribution in [3.8, 4) is 0 Å². The van der Waals surface area contributed by atoms with Crippen LogP contribution in [0.15, 0.2) is 0 Å². The number of hydrogen-bond donors (Lipinski definition) is 1. The molecule has 0 amide bonds. The smallest absolute Gasteiger partial charge is 0.330 e. The van der Waals surface area contributed by atoms with Gasteiger partial charge in [0.2, 0.25) is 0 Å². The molecule has 0 heterocycles. The van der Waals surface area contributed by atoms with Gasteiger partial charge in [0.05, 0.1) is 0 Å². The molecule has 2 N–H and O–H groups in total. The Kier molecular flexibility index (Phi) is 2.82. The first kappa shape index (κ1) is 10.6. The van der Waals surface area contributed by atoms with Crippen molar-refractivity contribution in [2.75, 3.05) is 6.54 Å². The molecule has 0 aliphatic carbocycles. The minimum atomic E-state index is -5.49. The zero-order valence-electron chi connectivity index (χ0n) is 5.75. The molecule has 0 aliphatic heterocycles. The summed E-state index contributed by atoms with van der Waals surface area (Å²) in [6, 6.07) is 0. The van der Waals surface area contributed by atoms with Crippen LogP contribution in [0.1, 0.15) is 6.92 Å². The van der Waals surface area contributed by atoms with E-state index in [0.717, 1.165) is 6.92 Å². The predicted octanol–water partition coefficient (Wildman–Crippen LogP) is 1.78. The average molecular weight is 177 g/mol. The molecule has 0 rings (SSSR count). The van der Waals surface area contributed by atoms with Crippen LogP contribution in [-0.4, -0.2) is 18.6 Å². The van der Waals surface area contributed by atoms with Gasteiger partial charge >= 0.3 is 12.1 Å². The molecule has 11 heavy (non-hydrogen) atoms. The second-order valence-corrected chi connectivity index (χ2v) is 2.26. The standard InChI is InChI=1S/C5H8F5N/c1-3(2-11)4(6,7)5(8,9)10/h3H,2,11H2,1H3/t3-/m1/s1. The zero-order chi connectivity index (χ0) is 9.28. The molecule has 0 aromatic heterocycles. The molecule has 0 bridgehead atoms. The third-order valence-electron chi connectivity index (χ3n) is 1.35. The summed E-state index contributed by atoms with van der Waals surface area (Å²) in [6.45, 7) is 0.0694. The molecular weight excluding hydrogens is 169 g/mol. The Balaban J connectivity index is 4.45. The Bertz CT molecular complexity index is 129. The summed E-state index contributed by atoms with van der Waals surface area (Å²) in [5, 5.41) is 0. The second kappa shape index (κ2) is 2.92. The third-order valence-corrected chi connectivity index (χ3v) is 1.35. The molecular formula is C5H8F5N. The van der Waals surface area contributed by atoms with Gasteiger partial charge in [0.1, 0.15) is 0 Å². The van der Waals surface area contributed by atoms with Crippen LogP contribution in [0, 0.1) is 5.92 Å². The van der Waals surface area contributed by atoms with Crippen LogP contribution >= 0.6 is 0 Å². The monoisotopic (exact) mass is 177 g/mol. The van der Waals surface area contributed by atoms with Crippen LogP contribution in [0.25, 0.3) is 0 Å². The molecule has 0 aliphatic rings. The van der Waals surface area contributed by atoms with E-state index in [1.54, 1.807) is 0 Å². The van der Waals surface area contributed by atoms with Gasteiger partial charge in [-0.2, -0.15) is 22.0 Å². The maximum Gasteiger partial charge on any atom is 0.453 e. The van der Waals surface area contributed by atoms with Gasteiger partial charge in [-0.25, -0.2) is 0 Å². The highest BCUT2D eigenvalue weighted by molar-refractivity contribution is 4.81. The van der Waals surface area contributed by atoms with E-state index in [1.807, 2.05) is 0 Å². The molecule has 0 aromatic rings. The van der Waals surface area contributed by atoms with E-state index in [2.05, 4.69) is 5.73 Å². The number of halogens is 5. The summed E-state index contributed by atoms with van der Waals surface area (Å²) in [7, 11) is 0. The van der Waals surface area contributed by atoms with Crippen molar-refractivity contribution >= 4 is 0 Å². The fourth-order valence-corrected chi connectivity index (χ4v) is 0.427. The summed E-state index contributed by atoms with van der Waals surface area (Å²) in [5.74, 6) is -6.55. The minimum Gasteiger partial charge on any atom is -0.330 e. The molecule has 0 radical (unpaired) electrons. The number of alkyl halides is 5. The topological polar surface area (TPSA) is 26.0 Å². The maximum absolute atomic E-state index is 12.1. The summed E-state index contributed by atoms with van der Waals surface area (Å²) < 4.78 is 58.6. The fourth-order valence-electron chi connectivity index (χ4n) is 0.427. The Hall–Kier alpha value is -0.390. The lowest BCUT2D eigenvalue weighted by molar-refractivity contribution is -0.299. The van der Waals surface area contributed by atoms with Gasteiger partial charge in [0.15, 0.2) is 0 Å². The van der Waals surface area contributed by atoms with Crippen molar-refractivity contribution in [1.29, 1.82) is 0 Å². The summed E-state index contributed by atoms with van der Waals surface area (Å²) in [5.41, 5.74) is 4.67. The Morgan fingerprint density at radius 3 is 1.64 bits per heavy atom. The lowest BCUT2D eigenvalue weighted by atomic mass is 10.0. The first-order valence-corrected chi connectivity index (χ1v) is 2.88. The highest BCUT2D eigenvalue weighted by atomic mass is 19.4. The third kappa shape index (κ3) is 2.02. The van der Waals surface area contributed by atoms with Crippen LogP contribution in [0.2, 0.25) is 0 Å². The second-order valence-electron chi connectivity index (χ2n) is 2.26. The maximum atomic E-state index is 12.1. The molecule has 6 heteroatoms. The van der Waals surface area contributed by atoms with E-state index >= 15 is 0 Å². The van der Waals surface area contributed by atoms with Crippen molar-refractivity contribution < 1.29 is 22.0 Å². The van der Waals surface area contributed by atoms with E-state index in [1.165, 1.54) is 0 Å². The number of nitrogens with two attached hydrogens (primary N) is 1. The van der Waals surface area contributed by atoms with Gasteiger partial charge in [-0.15, -0.1) is 0 Å². The van der Waals surface area contributed by atoms with Crippen molar-refractivity contribution in [3.05, 3.63) is 0 Å². The molecule has 0 saturated heterocycles. The Morgan fingerprint density at radius 1 is 1.18 bits per heavy atom. The quantitative estimate of drug-likeness (QED) is 0.639. The average Bonchev–Trinajstić information content (AvgIpc) is 1.83. The van der Waals surface area contributed by atoms with Crippen molar-refractivity contribution in [2.24, 2.45) is 11.7 Å². The molecule has 0 aromatic carbocycles. The molecule has 0 fully saturated rings. The van der Waals surface area contributed by atoms with Crippen molar-refractivity contribution in [2.45, 2.75) is 19.0 Å².